The number of aromatic nitrogens is 4. The maximum atomic E-state index is 8.55. The Morgan fingerprint density at radius 3 is 1.52 bits per heavy atom. The fourth-order valence-electron chi connectivity index (χ4n) is 0.804. The minimum absolute atomic E-state index is 0.115. The van der Waals surface area contributed by atoms with E-state index in [0.29, 0.717) is 19.2 Å². The van der Waals surface area contributed by atoms with Gasteiger partial charge in [0, 0.05) is 30.3 Å². The van der Waals surface area contributed by atoms with Crippen LogP contribution in [0.25, 0.3) is 0 Å². The van der Waals surface area contributed by atoms with Crippen molar-refractivity contribution in [3.63, 3.8) is 0 Å². The van der Waals surface area contributed by atoms with Gasteiger partial charge in [0.15, 0.2) is 0 Å². The third kappa shape index (κ3) is 15.7. The summed E-state index contributed by atoms with van der Waals surface area (Å²) in [5.41, 5.74) is 10.6. The molecular formula is C10H16BBrI3N6O2-. The Balaban J connectivity index is 0. The van der Waals surface area contributed by atoms with Crippen LogP contribution in [0, 0.1) is 0 Å². The second kappa shape index (κ2) is 17.2. The number of hydrogen-bond donors (Lipinski definition) is 4. The van der Waals surface area contributed by atoms with Crippen molar-refractivity contribution in [2.75, 3.05) is 11.5 Å². The Hall–Kier alpha value is 0.415. The van der Waals surface area contributed by atoms with E-state index in [4.69, 9.17) is 21.5 Å². The van der Waals surface area contributed by atoms with Crippen LogP contribution in [0.1, 0.15) is 13.8 Å². The maximum Gasteiger partial charge on any atom is 0.491 e. The van der Waals surface area contributed by atoms with Crippen molar-refractivity contribution in [1.29, 1.82) is 0 Å². The quantitative estimate of drug-likeness (QED) is 0.203. The molecule has 23 heavy (non-hydrogen) atoms. The third-order valence-corrected chi connectivity index (χ3v) is 2.04. The SMILES string of the molecule is CC.I[I-]I.Nc1ncc(B(O)O)cn1.Nc1ncc(Br)cn1. The molecule has 0 aliphatic rings. The van der Waals surface area contributed by atoms with E-state index in [1.807, 2.05) is 13.8 Å². The summed E-state index contributed by atoms with van der Waals surface area (Å²) in [6, 6.07) is 0. The smallest absolute Gasteiger partial charge is 0.423 e. The van der Waals surface area contributed by atoms with E-state index in [9.17, 15) is 0 Å². The second-order valence-electron chi connectivity index (χ2n) is 3.06. The Labute approximate surface area is 173 Å². The molecule has 0 aromatic carbocycles. The summed E-state index contributed by atoms with van der Waals surface area (Å²) in [7, 11) is -1.53. The van der Waals surface area contributed by atoms with Crippen molar-refractivity contribution in [2.24, 2.45) is 0 Å². The van der Waals surface area contributed by atoms with Crippen LogP contribution < -0.4 is 30.2 Å². The first-order valence-corrected chi connectivity index (χ1v) is 19.3. The van der Waals surface area contributed by atoms with Crippen molar-refractivity contribution in [3.05, 3.63) is 29.3 Å². The van der Waals surface area contributed by atoms with Crippen molar-refractivity contribution in [1.82, 2.24) is 19.9 Å². The normalized spacial score (nSPS) is 8.48. The zero-order valence-electron chi connectivity index (χ0n) is 12.2. The monoisotopic (exact) mass is 723 g/mol. The molecule has 2 heterocycles. The Kier molecular flexibility index (Phi) is 19.2. The van der Waals surface area contributed by atoms with Gasteiger partial charge in [-0.1, -0.05) is 13.8 Å². The van der Waals surface area contributed by atoms with E-state index in [2.05, 4.69) is 73.1 Å². The van der Waals surface area contributed by atoms with Crippen molar-refractivity contribution >= 4 is 77.6 Å². The zero-order chi connectivity index (χ0) is 18.3. The van der Waals surface area contributed by atoms with E-state index in [1.54, 1.807) is 12.4 Å². The molecular weight excluding hydrogens is 708 g/mol. The minimum atomic E-state index is -1.53. The molecule has 2 aromatic rings. The number of nitrogen functional groups attached to an aromatic ring is 2. The van der Waals surface area contributed by atoms with Gasteiger partial charge in [-0.15, -0.1) is 0 Å². The Bertz CT molecular complexity index is 488. The van der Waals surface area contributed by atoms with Crippen LogP contribution in [0.2, 0.25) is 0 Å². The second-order valence-corrected chi connectivity index (χ2v) is 20.2. The van der Waals surface area contributed by atoms with Gasteiger partial charge in [0.25, 0.3) is 0 Å². The summed E-state index contributed by atoms with van der Waals surface area (Å²) < 4.78 is 0.840. The van der Waals surface area contributed by atoms with Crippen molar-refractivity contribution < 1.29 is 23.3 Å². The number of rotatable bonds is 1. The van der Waals surface area contributed by atoms with Crippen LogP contribution in [0.15, 0.2) is 29.3 Å². The molecule has 0 fully saturated rings. The summed E-state index contributed by atoms with van der Waals surface area (Å²) in [6.45, 7) is 4.00. The molecule has 8 nitrogen and oxygen atoms in total. The molecule has 0 atom stereocenters. The average molecular weight is 724 g/mol. The first-order chi connectivity index (χ1) is 10.9. The fourth-order valence-corrected chi connectivity index (χ4v) is 1.01. The molecule has 0 bridgehead atoms. The van der Waals surface area contributed by atoms with Crippen LogP contribution in [0.5, 0.6) is 0 Å². The predicted molar refractivity (Wildman–Crippen MR) is 110 cm³/mol. The maximum absolute atomic E-state index is 8.55. The zero-order valence-corrected chi connectivity index (χ0v) is 20.3. The van der Waals surface area contributed by atoms with Gasteiger partial charge >= 0.3 is 57.6 Å². The van der Waals surface area contributed by atoms with Crippen LogP contribution in [0.3, 0.4) is 0 Å². The number of nitrogens with two attached hydrogens (primary N) is 2. The van der Waals surface area contributed by atoms with Crippen LogP contribution in [-0.2, 0) is 0 Å². The van der Waals surface area contributed by atoms with Crippen molar-refractivity contribution in [2.45, 2.75) is 13.8 Å². The third-order valence-electron chi connectivity index (χ3n) is 1.63. The van der Waals surface area contributed by atoms with Gasteiger partial charge in [-0.05, 0) is 15.9 Å². The van der Waals surface area contributed by atoms with E-state index < -0.39 is 7.12 Å². The summed E-state index contributed by atoms with van der Waals surface area (Å²) in [5, 5.41) is 17.1. The topological polar surface area (TPSA) is 144 Å². The van der Waals surface area contributed by atoms with E-state index in [0.717, 1.165) is 4.47 Å². The first kappa shape index (κ1) is 25.7. The molecule has 0 aliphatic carbocycles. The molecule has 130 valence electrons. The van der Waals surface area contributed by atoms with Gasteiger partial charge in [-0.25, -0.2) is 19.9 Å². The van der Waals surface area contributed by atoms with Gasteiger partial charge in [0.2, 0.25) is 11.9 Å². The Morgan fingerprint density at radius 1 is 0.957 bits per heavy atom. The summed E-state index contributed by atoms with van der Waals surface area (Å²) in [5.74, 6) is 0.414. The fraction of sp³-hybridized carbons (Fsp3) is 0.200. The average Bonchev–Trinajstić information content (AvgIpc) is 2.54. The van der Waals surface area contributed by atoms with Gasteiger partial charge in [-0.2, -0.15) is 0 Å². The minimum Gasteiger partial charge on any atom is -0.423 e. The predicted octanol–water partition coefficient (Wildman–Crippen LogP) is -1.64. The molecule has 0 saturated carbocycles. The molecule has 0 amide bonds. The molecule has 13 heteroatoms. The van der Waals surface area contributed by atoms with Crippen LogP contribution >= 0.6 is 53.2 Å². The van der Waals surface area contributed by atoms with E-state index in [-0.39, 0.29) is 11.4 Å². The van der Waals surface area contributed by atoms with E-state index >= 15 is 0 Å². The largest absolute Gasteiger partial charge is 0.491 e. The number of anilines is 2. The van der Waals surface area contributed by atoms with Gasteiger partial charge in [0.05, 0.1) is 4.47 Å². The van der Waals surface area contributed by atoms with Gasteiger partial charge < -0.3 is 21.5 Å². The number of halogens is 4. The van der Waals surface area contributed by atoms with E-state index in [1.165, 1.54) is 12.4 Å². The summed E-state index contributed by atoms with van der Waals surface area (Å²) in [4.78, 5) is 14.5. The standard InChI is InChI=1S/C4H6BN3O2.C4H4BrN3.C2H6.I3/c6-4-7-1-3(2-8-4)5(9)10;5-3-1-7-4(6)8-2-3;1-2;1-3-2/h1-2,9-10H,(H2,6,7,8);1-2H,(H2,6,7,8);1-2H3;/q;;;-1. The molecule has 0 aliphatic heterocycles. The molecule has 2 aromatic heterocycles. The van der Waals surface area contributed by atoms with Crippen LogP contribution in [0.4, 0.5) is 11.9 Å². The summed E-state index contributed by atoms with van der Waals surface area (Å²) in [6.07, 6.45) is 5.71. The molecule has 0 unspecified atom stereocenters. The molecule has 0 radical (unpaired) electrons. The van der Waals surface area contributed by atoms with Gasteiger partial charge in [0.1, 0.15) is 0 Å². The number of hydrogen-bond acceptors (Lipinski definition) is 8. The number of nitrogens with zero attached hydrogens (tertiary/aromatic N) is 4. The van der Waals surface area contributed by atoms with Gasteiger partial charge in [-0.3, -0.25) is 0 Å². The molecule has 0 spiro atoms. The first-order valence-electron chi connectivity index (χ1n) is 5.94. The Morgan fingerprint density at radius 2 is 1.26 bits per heavy atom. The summed E-state index contributed by atoms with van der Waals surface area (Å²) >= 11 is 8.46. The molecule has 6 N–H and O–H groups in total. The van der Waals surface area contributed by atoms with Crippen LogP contribution in [-0.4, -0.2) is 37.1 Å². The van der Waals surface area contributed by atoms with Crippen molar-refractivity contribution in [3.8, 4) is 0 Å². The molecule has 0 saturated heterocycles. The molecule has 2 rings (SSSR count).